The van der Waals surface area contributed by atoms with E-state index >= 15 is 0 Å². The van der Waals surface area contributed by atoms with Crippen LogP contribution < -0.4 is 5.73 Å². The number of hydrogen-bond acceptors (Lipinski definition) is 3. The third-order valence-electron chi connectivity index (χ3n) is 4.56. The van der Waals surface area contributed by atoms with Gasteiger partial charge in [-0.2, -0.15) is 0 Å². The van der Waals surface area contributed by atoms with Crippen molar-refractivity contribution in [1.82, 2.24) is 4.90 Å². The minimum absolute atomic E-state index is 0.113. The second kappa shape index (κ2) is 7.23. The number of aliphatic hydroxyl groups is 1. The smallest absolute Gasteiger partial charge is 0.0632 e. The topological polar surface area (TPSA) is 49.5 Å². The maximum atomic E-state index is 10.3. The highest BCUT2D eigenvalue weighted by Gasteiger charge is 2.31. The summed E-state index contributed by atoms with van der Waals surface area (Å²) in [5.74, 6) is 0. The van der Waals surface area contributed by atoms with Crippen molar-refractivity contribution in [3.63, 3.8) is 0 Å². The van der Waals surface area contributed by atoms with Crippen LogP contribution >= 0.6 is 15.9 Å². The zero-order valence-electron chi connectivity index (χ0n) is 13.1. The average Bonchev–Trinajstić information content (AvgIpc) is 2.60. The van der Waals surface area contributed by atoms with E-state index in [2.05, 4.69) is 46.0 Å². The van der Waals surface area contributed by atoms with Crippen molar-refractivity contribution >= 4 is 15.9 Å². The maximum Gasteiger partial charge on any atom is 0.0632 e. The SMILES string of the molecule is CCC(N)C(c1cccc(Br)c1)N1CCCC(C)(O)CC1. The first kappa shape index (κ1) is 16.9. The van der Waals surface area contributed by atoms with E-state index in [0.717, 1.165) is 43.2 Å². The standard InChI is InChI=1S/C17H27BrN2O/c1-3-15(19)16(13-6-4-7-14(18)12-13)20-10-5-8-17(2,21)9-11-20/h4,6-7,12,15-16,21H,3,5,8-11,19H2,1-2H3. The minimum Gasteiger partial charge on any atom is -0.390 e. The van der Waals surface area contributed by atoms with Crippen LogP contribution in [0.2, 0.25) is 0 Å². The summed E-state index contributed by atoms with van der Waals surface area (Å²) in [7, 11) is 0. The average molecular weight is 355 g/mol. The van der Waals surface area contributed by atoms with E-state index in [1.807, 2.05) is 13.0 Å². The lowest BCUT2D eigenvalue weighted by molar-refractivity contribution is 0.0422. The molecular formula is C17H27BrN2O. The van der Waals surface area contributed by atoms with Gasteiger partial charge in [-0.1, -0.05) is 35.0 Å². The van der Waals surface area contributed by atoms with Crippen LogP contribution in [-0.4, -0.2) is 34.7 Å². The third kappa shape index (κ3) is 4.52. The highest BCUT2D eigenvalue weighted by Crippen LogP contribution is 2.31. The Labute approximate surface area is 136 Å². The predicted molar refractivity (Wildman–Crippen MR) is 91.2 cm³/mol. The molecule has 1 aromatic carbocycles. The molecule has 118 valence electrons. The van der Waals surface area contributed by atoms with Crippen LogP contribution in [0.3, 0.4) is 0 Å². The largest absolute Gasteiger partial charge is 0.390 e. The fourth-order valence-corrected chi connectivity index (χ4v) is 3.62. The highest BCUT2D eigenvalue weighted by atomic mass is 79.9. The number of halogens is 1. The highest BCUT2D eigenvalue weighted by molar-refractivity contribution is 9.10. The van der Waals surface area contributed by atoms with Gasteiger partial charge in [0.25, 0.3) is 0 Å². The molecule has 1 aromatic rings. The molecule has 21 heavy (non-hydrogen) atoms. The van der Waals surface area contributed by atoms with E-state index in [9.17, 15) is 5.11 Å². The molecule has 4 heteroatoms. The molecule has 0 bridgehead atoms. The molecule has 1 aliphatic rings. The van der Waals surface area contributed by atoms with Crippen molar-refractivity contribution in [1.29, 1.82) is 0 Å². The van der Waals surface area contributed by atoms with Crippen molar-refractivity contribution < 1.29 is 5.11 Å². The van der Waals surface area contributed by atoms with Gasteiger partial charge in [0.15, 0.2) is 0 Å². The Bertz CT molecular complexity index is 464. The van der Waals surface area contributed by atoms with Gasteiger partial charge in [0, 0.05) is 23.1 Å². The molecule has 0 saturated carbocycles. The second-order valence-corrected chi connectivity index (χ2v) is 7.37. The van der Waals surface area contributed by atoms with Gasteiger partial charge >= 0.3 is 0 Å². The fourth-order valence-electron chi connectivity index (χ4n) is 3.21. The summed E-state index contributed by atoms with van der Waals surface area (Å²) in [6.07, 6.45) is 3.65. The van der Waals surface area contributed by atoms with Crippen LogP contribution in [0.1, 0.15) is 51.1 Å². The quantitative estimate of drug-likeness (QED) is 0.870. The lowest BCUT2D eigenvalue weighted by Gasteiger charge is -2.35. The maximum absolute atomic E-state index is 10.3. The lowest BCUT2D eigenvalue weighted by Crippen LogP contribution is -2.41. The number of nitrogens with zero attached hydrogens (tertiary/aromatic N) is 1. The summed E-state index contributed by atoms with van der Waals surface area (Å²) < 4.78 is 1.09. The first-order valence-corrected chi connectivity index (χ1v) is 8.70. The number of benzene rings is 1. The molecule has 1 saturated heterocycles. The van der Waals surface area contributed by atoms with Gasteiger partial charge in [0.1, 0.15) is 0 Å². The molecule has 3 atom stereocenters. The van der Waals surface area contributed by atoms with Crippen LogP contribution in [-0.2, 0) is 0 Å². The Balaban J connectivity index is 2.24. The van der Waals surface area contributed by atoms with Gasteiger partial charge in [-0.3, -0.25) is 4.90 Å². The van der Waals surface area contributed by atoms with E-state index in [4.69, 9.17) is 5.73 Å². The summed E-state index contributed by atoms with van der Waals surface area (Å²) in [5, 5.41) is 10.3. The van der Waals surface area contributed by atoms with E-state index in [1.165, 1.54) is 5.56 Å². The Morgan fingerprint density at radius 2 is 2.14 bits per heavy atom. The number of hydrogen-bond donors (Lipinski definition) is 2. The predicted octanol–water partition coefficient (Wildman–Crippen LogP) is 3.46. The molecular weight excluding hydrogens is 328 g/mol. The van der Waals surface area contributed by atoms with Gasteiger partial charge in [-0.15, -0.1) is 0 Å². The Morgan fingerprint density at radius 3 is 2.81 bits per heavy atom. The molecule has 0 spiro atoms. The molecule has 1 fully saturated rings. The normalized spacial score (nSPS) is 27.1. The molecule has 1 heterocycles. The second-order valence-electron chi connectivity index (χ2n) is 6.46. The summed E-state index contributed by atoms with van der Waals surface area (Å²) in [5.41, 5.74) is 7.16. The zero-order chi connectivity index (χ0) is 15.5. The molecule has 3 unspecified atom stereocenters. The molecule has 0 aromatic heterocycles. The van der Waals surface area contributed by atoms with Crippen molar-refractivity contribution in [3.8, 4) is 0 Å². The molecule has 3 nitrogen and oxygen atoms in total. The Hall–Kier alpha value is -0.420. The first-order valence-electron chi connectivity index (χ1n) is 7.90. The monoisotopic (exact) mass is 354 g/mol. The van der Waals surface area contributed by atoms with Gasteiger partial charge in [0.2, 0.25) is 0 Å². The molecule has 1 aliphatic heterocycles. The van der Waals surface area contributed by atoms with Crippen molar-refractivity contribution in [2.75, 3.05) is 13.1 Å². The molecule has 0 aliphatic carbocycles. The lowest BCUT2D eigenvalue weighted by atomic mass is 9.95. The summed E-state index contributed by atoms with van der Waals surface area (Å²) in [4.78, 5) is 2.46. The summed E-state index contributed by atoms with van der Waals surface area (Å²) >= 11 is 3.56. The van der Waals surface area contributed by atoms with Crippen LogP contribution in [0.4, 0.5) is 0 Å². The molecule has 3 N–H and O–H groups in total. The fraction of sp³-hybridized carbons (Fsp3) is 0.647. The third-order valence-corrected chi connectivity index (χ3v) is 5.05. The van der Waals surface area contributed by atoms with Crippen molar-refractivity contribution in [3.05, 3.63) is 34.3 Å². The minimum atomic E-state index is -0.535. The van der Waals surface area contributed by atoms with Crippen molar-refractivity contribution in [2.45, 2.75) is 57.2 Å². The van der Waals surface area contributed by atoms with E-state index in [-0.39, 0.29) is 12.1 Å². The van der Waals surface area contributed by atoms with Crippen LogP contribution in [0.15, 0.2) is 28.7 Å². The summed E-state index contributed by atoms with van der Waals surface area (Å²) in [6, 6.07) is 8.79. The van der Waals surface area contributed by atoms with Crippen molar-refractivity contribution in [2.24, 2.45) is 5.73 Å². The first-order chi connectivity index (χ1) is 9.93. The number of nitrogens with two attached hydrogens (primary N) is 1. The molecule has 0 amide bonds. The Kier molecular flexibility index (Phi) is 5.83. The van der Waals surface area contributed by atoms with Crippen LogP contribution in [0.5, 0.6) is 0 Å². The van der Waals surface area contributed by atoms with Crippen LogP contribution in [0, 0.1) is 0 Å². The molecule has 0 radical (unpaired) electrons. The molecule has 2 rings (SSSR count). The number of rotatable bonds is 4. The van der Waals surface area contributed by atoms with E-state index in [1.54, 1.807) is 0 Å². The van der Waals surface area contributed by atoms with Gasteiger partial charge < -0.3 is 10.8 Å². The van der Waals surface area contributed by atoms with Gasteiger partial charge in [-0.05, 0) is 56.8 Å². The Morgan fingerprint density at radius 1 is 1.38 bits per heavy atom. The van der Waals surface area contributed by atoms with E-state index < -0.39 is 5.60 Å². The number of likely N-dealkylation sites (tertiary alicyclic amines) is 1. The van der Waals surface area contributed by atoms with Gasteiger partial charge in [-0.25, -0.2) is 0 Å². The van der Waals surface area contributed by atoms with Gasteiger partial charge in [0.05, 0.1) is 5.60 Å². The zero-order valence-corrected chi connectivity index (χ0v) is 14.6. The van der Waals surface area contributed by atoms with Crippen LogP contribution in [0.25, 0.3) is 0 Å². The van der Waals surface area contributed by atoms with E-state index in [0.29, 0.717) is 0 Å². The summed E-state index contributed by atoms with van der Waals surface area (Å²) in [6.45, 7) is 5.99.